The van der Waals surface area contributed by atoms with Crippen LogP contribution in [0.4, 0.5) is 4.39 Å². The molecule has 2 aromatic heterocycles. The van der Waals surface area contributed by atoms with Crippen molar-refractivity contribution < 1.29 is 18.0 Å². The molecule has 0 saturated carbocycles. The minimum Gasteiger partial charge on any atom is -0.461 e. The van der Waals surface area contributed by atoms with Gasteiger partial charge < -0.3 is 14.2 Å². The molecule has 3 aromatic rings. The number of nitrogens with one attached hydrogen (secondary N) is 1. The molecule has 3 heterocycles. The highest BCUT2D eigenvalue weighted by molar-refractivity contribution is 6.18. The van der Waals surface area contributed by atoms with Crippen molar-refractivity contribution in [3.8, 4) is 11.3 Å². The highest BCUT2D eigenvalue weighted by Gasteiger charge is 2.23. The summed E-state index contributed by atoms with van der Waals surface area (Å²) in [6, 6.07) is 13.0. The van der Waals surface area contributed by atoms with Crippen molar-refractivity contribution in [2.24, 2.45) is 4.99 Å². The largest absolute Gasteiger partial charge is 0.461 e. The van der Waals surface area contributed by atoms with E-state index in [1.54, 1.807) is 42.5 Å². The number of hydrogen-bond donors (Lipinski definition) is 1. The minimum absolute atomic E-state index is 0.191. The Bertz CT molecular complexity index is 968. The van der Waals surface area contributed by atoms with E-state index in [4.69, 9.17) is 8.83 Å². The summed E-state index contributed by atoms with van der Waals surface area (Å²) in [5, 5.41) is 2.62. The van der Waals surface area contributed by atoms with Crippen LogP contribution in [-0.2, 0) is 4.79 Å². The van der Waals surface area contributed by atoms with Crippen LogP contribution in [0.1, 0.15) is 11.5 Å². The Kier molecular flexibility index (Phi) is 3.35. The number of hydrogen-bond acceptors (Lipinski definition) is 4. The summed E-state index contributed by atoms with van der Waals surface area (Å²) in [5.41, 5.74) is 0.550. The Morgan fingerprint density at radius 2 is 1.92 bits per heavy atom. The molecular formula is C18H11FN2O3. The second-order valence-electron chi connectivity index (χ2n) is 5.10. The molecule has 0 atom stereocenters. The number of rotatable bonds is 3. The Labute approximate surface area is 136 Å². The van der Waals surface area contributed by atoms with Crippen LogP contribution in [0.15, 0.2) is 74.3 Å². The molecule has 5 nitrogen and oxygen atoms in total. The number of benzene rings is 1. The van der Waals surface area contributed by atoms with Gasteiger partial charge in [-0.2, -0.15) is 0 Å². The highest BCUT2D eigenvalue weighted by Crippen LogP contribution is 2.26. The summed E-state index contributed by atoms with van der Waals surface area (Å²) < 4.78 is 24.6. The zero-order valence-corrected chi connectivity index (χ0v) is 12.3. The lowest BCUT2D eigenvalue weighted by Gasteiger charge is -1.97. The van der Waals surface area contributed by atoms with E-state index in [1.165, 1.54) is 18.4 Å². The number of halogens is 1. The van der Waals surface area contributed by atoms with Gasteiger partial charge in [0.15, 0.2) is 11.6 Å². The predicted molar refractivity (Wildman–Crippen MR) is 85.5 cm³/mol. The van der Waals surface area contributed by atoms with E-state index in [0.717, 1.165) is 0 Å². The molecule has 6 heteroatoms. The topological polar surface area (TPSA) is 67.7 Å². The van der Waals surface area contributed by atoms with E-state index < -0.39 is 0 Å². The molecule has 0 radical (unpaired) electrons. The second-order valence-corrected chi connectivity index (χ2v) is 5.10. The van der Waals surface area contributed by atoms with Gasteiger partial charge in [0, 0.05) is 6.08 Å². The fraction of sp³-hybridized carbons (Fsp3) is 0. The molecule has 1 aromatic carbocycles. The van der Waals surface area contributed by atoms with Gasteiger partial charge in [-0.3, -0.25) is 4.79 Å². The zero-order valence-electron chi connectivity index (χ0n) is 12.3. The van der Waals surface area contributed by atoms with Gasteiger partial charge in [0.1, 0.15) is 23.0 Å². The van der Waals surface area contributed by atoms with Gasteiger partial charge in [0.05, 0.1) is 11.8 Å². The lowest BCUT2D eigenvalue weighted by Crippen LogP contribution is -2.24. The molecule has 1 aliphatic heterocycles. The normalized spacial score (nSPS) is 15.6. The maximum Gasteiger partial charge on any atom is 0.275 e. The number of amides is 1. The van der Waals surface area contributed by atoms with Crippen molar-refractivity contribution >= 4 is 17.8 Å². The Morgan fingerprint density at radius 3 is 2.71 bits per heavy atom. The second kappa shape index (κ2) is 5.66. The van der Waals surface area contributed by atoms with Gasteiger partial charge in [-0.15, -0.1) is 0 Å². The first-order valence-electron chi connectivity index (χ1n) is 7.21. The van der Waals surface area contributed by atoms with Crippen molar-refractivity contribution in [1.82, 2.24) is 5.32 Å². The first-order chi connectivity index (χ1) is 11.7. The monoisotopic (exact) mass is 322 g/mol. The molecule has 0 spiro atoms. The Morgan fingerprint density at radius 1 is 1.04 bits per heavy atom. The van der Waals surface area contributed by atoms with Gasteiger partial charge in [-0.25, -0.2) is 9.38 Å². The number of aliphatic imine (C=N–C) groups is 1. The van der Waals surface area contributed by atoms with E-state index in [2.05, 4.69) is 10.3 Å². The molecular weight excluding hydrogens is 311 g/mol. The lowest BCUT2D eigenvalue weighted by molar-refractivity contribution is -0.115. The molecule has 1 aliphatic rings. The van der Waals surface area contributed by atoms with Crippen molar-refractivity contribution in [2.75, 3.05) is 0 Å². The lowest BCUT2D eigenvalue weighted by atomic mass is 10.1. The number of furan rings is 2. The molecule has 0 aliphatic carbocycles. The summed E-state index contributed by atoms with van der Waals surface area (Å²) >= 11 is 0. The minimum atomic E-state index is -0.372. The molecule has 0 saturated heterocycles. The van der Waals surface area contributed by atoms with E-state index in [9.17, 15) is 9.18 Å². The Balaban J connectivity index is 1.65. The van der Waals surface area contributed by atoms with Gasteiger partial charge >= 0.3 is 0 Å². The van der Waals surface area contributed by atoms with Crippen LogP contribution in [-0.4, -0.2) is 11.7 Å². The summed E-state index contributed by atoms with van der Waals surface area (Å²) in [4.78, 5) is 16.2. The molecule has 0 unspecified atom stereocenters. The smallest absolute Gasteiger partial charge is 0.275 e. The first-order valence-corrected chi connectivity index (χ1v) is 7.21. The van der Waals surface area contributed by atoms with E-state index >= 15 is 0 Å². The first kappa shape index (κ1) is 14.2. The fourth-order valence-electron chi connectivity index (χ4n) is 2.37. The summed E-state index contributed by atoms with van der Waals surface area (Å²) in [6.07, 6.45) is 2.99. The number of amidine groups is 1. The van der Waals surface area contributed by atoms with Crippen LogP contribution in [0.5, 0.6) is 0 Å². The van der Waals surface area contributed by atoms with Crippen LogP contribution < -0.4 is 5.32 Å². The van der Waals surface area contributed by atoms with Crippen molar-refractivity contribution in [2.45, 2.75) is 0 Å². The highest BCUT2D eigenvalue weighted by atomic mass is 19.1. The van der Waals surface area contributed by atoms with Gasteiger partial charge in [0.25, 0.3) is 5.91 Å². The molecule has 0 bridgehead atoms. The third kappa shape index (κ3) is 2.54. The van der Waals surface area contributed by atoms with Crippen molar-refractivity contribution in [3.63, 3.8) is 0 Å². The zero-order chi connectivity index (χ0) is 16.5. The van der Waals surface area contributed by atoms with Crippen LogP contribution in [0.25, 0.3) is 17.4 Å². The van der Waals surface area contributed by atoms with Crippen LogP contribution in [0, 0.1) is 5.82 Å². The summed E-state index contributed by atoms with van der Waals surface area (Å²) in [6.45, 7) is 0. The average Bonchev–Trinajstić information content (AvgIpc) is 3.30. The van der Waals surface area contributed by atoms with Gasteiger partial charge in [0.2, 0.25) is 0 Å². The van der Waals surface area contributed by atoms with Crippen molar-refractivity contribution in [1.29, 1.82) is 0 Å². The molecule has 1 amide bonds. The predicted octanol–water partition coefficient (Wildman–Crippen LogP) is 3.60. The fourth-order valence-corrected chi connectivity index (χ4v) is 2.37. The van der Waals surface area contributed by atoms with Gasteiger partial charge in [-0.05, 0) is 36.4 Å². The third-order valence-electron chi connectivity index (χ3n) is 3.50. The number of carbonyl (C=O) groups is 1. The maximum atomic E-state index is 13.8. The molecule has 0 fully saturated rings. The maximum absolute atomic E-state index is 13.8. The van der Waals surface area contributed by atoms with Crippen LogP contribution in [0.2, 0.25) is 0 Å². The quantitative estimate of drug-likeness (QED) is 0.749. The van der Waals surface area contributed by atoms with Crippen LogP contribution in [0.3, 0.4) is 0 Å². The number of carbonyl (C=O) groups excluding carboxylic acids is 1. The van der Waals surface area contributed by atoms with Crippen molar-refractivity contribution in [3.05, 3.63) is 77.8 Å². The van der Waals surface area contributed by atoms with E-state index in [1.807, 2.05) is 0 Å². The summed E-state index contributed by atoms with van der Waals surface area (Å²) in [5.74, 6) is 0.875. The van der Waals surface area contributed by atoms with E-state index in [0.29, 0.717) is 28.7 Å². The van der Waals surface area contributed by atoms with E-state index in [-0.39, 0.29) is 17.4 Å². The SMILES string of the molecule is O=C1NC(c2ccco2)=NC1=Cc1ccc(-c2ccccc2F)o1. The van der Waals surface area contributed by atoms with Crippen LogP contribution >= 0.6 is 0 Å². The molecule has 4 rings (SSSR count). The molecule has 1 N–H and O–H groups in total. The molecule has 24 heavy (non-hydrogen) atoms. The van der Waals surface area contributed by atoms with Gasteiger partial charge in [-0.1, -0.05) is 12.1 Å². The standard InChI is InChI=1S/C18H11FN2O3/c19-13-5-2-1-4-12(13)15-8-7-11(24-15)10-14-18(22)21-17(20-14)16-6-3-9-23-16/h1-10H,(H,20,21,22). The number of nitrogens with zero attached hydrogens (tertiary/aromatic N) is 1. The molecule has 118 valence electrons. The third-order valence-corrected chi connectivity index (χ3v) is 3.50. The Hall–Kier alpha value is -3.41. The summed E-state index contributed by atoms with van der Waals surface area (Å²) in [7, 11) is 0. The average molecular weight is 322 g/mol.